The van der Waals surface area contributed by atoms with Crippen LogP contribution in [-0.4, -0.2) is 29.6 Å². The van der Waals surface area contributed by atoms with Gasteiger partial charge in [0.1, 0.15) is 0 Å². The van der Waals surface area contributed by atoms with Gasteiger partial charge in [0.15, 0.2) is 0 Å². The van der Waals surface area contributed by atoms with Crippen LogP contribution in [0, 0.1) is 5.92 Å². The van der Waals surface area contributed by atoms with Crippen molar-refractivity contribution in [2.24, 2.45) is 11.7 Å². The first kappa shape index (κ1) is 11.4. The smallest absolute Gasteiger partial charge is 0.0339 e. The maximum atomic E-state index is 6.03. The van der Waals surface area contributed by atoms with Crippen LogP contribution < -0.4 is 5.73 Å². The van der Waals surface area contributed by atoms with Crippen molar-refractivity contribution in [3.63, 3.8) is 0 Å². The van der Waals surface area contributed by atoms with Crippen LogP contribution in [0.15, 0.2) is 0 Å². The number of hydrogen-bond donors (Lipinski definition) is 1. The van der Waals surface area contributed by atoms with E-state index < -0.39 is 0 Å². The van der Waals surface area contributed by atoms with Crippen molar-refractivity contribution in [2.75, 3.05) is 13.1 Å². The van der Waals surface area contributed by atoms with Gasteiger partial charge in [0.25, 0.3) is 0 Å². The van der Waals surface area contributed by atoms with Crippen LogP contribution in [0.4, 0.5) is 0 Å². The molecule has 0 spiro atoms. The Morgan fingerprint density at radius 3 is 2.40 bits per heavy atom. The number of hydrogen-bond acceptors (Lipinski definition) is 2. The monoisotopic (exact) mass is 210 g/mol. The zero-order valence-corrected chi connectivity index (χ0v) is 10.3. The summed E-state index contributed by atoms with van der Waals surface area (Å²) in [5.41, 5.74) is 6.43. The van der Waals surface area contributed by atoms with Gasteiger partial charge in [-0.2, -0.15) is 0 Å². The molecule has 0 aromatic heterocycles. The molecule has 88 valence electrons. The third kappa shape index (κ3) is 2.21. The second kappa shape index (κ2) is 4.42. The molecule has 2 N–H and O–H groups in total. The van der Waals surface area contributed by atoms with E-state index in [1.165, 1.54) is 45.1 Å². The first-order valence-corrected chi connectivity index (χ1v) is 6.68. The first-order chi connectivity index (χ1) is 7.22. The molecular weight excluding hydrogens is 184 g/mol. The molecule has 0 unspecified atom stereocenters. The molecule has 2 saturated carbocycles. The van der Waals surface area contributed by atoms with Crippen LogP contribution in [0.25, 0.3) is 0 Å². The normalized spacial score (nSPS) is 35.6. The first-order valence-electron chi connectivity index (χ1n) is 6.68. The second-order valence-corrected chi connectivity index (χ2v) is 5.72. The maximum Gasteiger partial charge on any atom is 0.0339 e. The van der Waals surface area contributed by atoms with Gasteiger partial charge in [-0.05, 0) is 44.6 Å². The fourth-order valence-electron chi connectivity index (χ4n) is 3.28. The van der Waals surface area contributed by atoms with Crippen molar-refractivity contribution in [3.8, 4) is 0 Å². The molecule has 0 radical (unpaired) electrons. The molecule has 15 heavy (non-hydrogen) atoms. The summed E-state index contributed by atoms with van der Waals surface area (Å²) in [5.74, 6) is 0.899. The van der Waals surface area contributed by atoms with Crippen LogP contribution >= 0.6 is 0 Å². The van der Waals surface area contributed by atoms with E-state index in [0.29, 0.717) is 5.54 Å². The Bertz CT molecular complexity index is 205. The lowest BCUT2D eigenvalue weighted by atomic mass is 9.68. The van der Waals surface area contributed by atoms with Gasteiger partial charge in [-0.15, -0.1) is 0 Å². The summed E-state index contributed by atoms with van der Waals surface area (Å²) in [6.07, 6.45) is 8.15. The molecule has 2 aliphatic carbocycles. The summed E-state index contributed by atoms with van der Waals surface area (Å²) in [6, 6.07) is 0.882. The van der Waals surface area contributed by atoms with E-state index in [1.54, 1.807) is 0 Å². The zero-order chi connectivity index (χ0) is 10.9. The number of rotatable bonds is 6. The average molecular weight is 210 g/mol. The van der Waals surface area contributed by atoms with Crippen LogP contribution in [-0.2, 0) is 0 Å². The quantitative estimate of drug-likeness (QED) is 0.729. The molecule has 2 rings (SSSR count). The van der Waals surface area contributed by atoms with Gasteiger partial charge < -0.3 is 5.73 Å². The fraction of sp³-hybridized carbons (Fsp3) is 1.00. The zero-order valence-electron chi connectivity index (χ0n) is 10.3. The van der Waals surface area contributed by atoms with Crippen LogP contribution in [0.2, 0.25) is 0 Å². The Morgan fingerprint density at radius 2 is 2.00 bits per heavy atom. The van der Waals surface area contributed by atoms with Gasteiger partial charge in [0.05, 0.1) is 0 Å². The van der Waals surface area contributed by atoms with Crippen molar-refractivity contribution >= 4 is 0 Å². The molecule has 2 aliphatic rings. The number of unbranched alkanes of at least 4 members (excludes halogenated alkanes) is 1. The standard InChI is InChI=1S/C13H26N2/c1-3-4-7-15(12-5-6-12)13(10-14)8-11(2)9-13/h11-12H,3-10,14H2,1-2H3. The average Bonchev–Trinajstić information content (AvgIpc) is 2.98. The van der Waals surface area contributed by atoms with Crippen molar-refractivity contribution < 1.29 is 0 Å². The van der Waals surface area contributed by atoms with Crippen molar-refractivity contribution in [1.82, 2.24) is 4.90 Å². The molecule has 0 amide bonds. The third-order valence-corrected chi connectivity index (χ3v) is 4.19. The molecule has 2 nitrogen and oxygen atoms in total. The molecule has 0 aromatic rings. The molecule has 0 heterocycles. The summed E-state index contributed by atoms with van der Waals surface area (Å²) in [5, 5.41) is 0. The molecule has 2 fully saturated rings. The van der Waals surface area contributed by atoms with Gasteiger partial charge in [-0.25, -0.2) is 0 Å². The van der Waals surface area contributed by atoms with Gasteiger partial charge in [-0.3, -0.25) is 4.90 Å². The van der Waals surface area contributed by atoms with E-state index in [1.807, 2.05) is 0 Å². The highest BCUT2D eigenvalue weighted by molar-refractivity contribution is 5.06. The Hall–Kier alpha value is -0.0800. The minimum absolute atomic E-state index is 0.399. The van der Waals surface area contributed by atoms with Crippen LogP contribution in [0.3, 0.4) is 0 Å². The van der Waals surface area contributed by atoms with E-state index in [2.05, 4.69) is 18.7 Å². The van der Waals surface area contributed by atoms with Gasteiger partial charge in [0.2, 0.25) is 0 Å². The highest BCUT2D eigenvalue weighted by Crippen LogP contribution is 2.46. The lowest BCUT2D eigenvalue weighted by Gasteiger charge is -2.53. The molecule has 0 aromatic carbocycles. The topological polar surface area (TPSA) is 29.3 Å². The lowest BCUT2D eigenvalue weighted by Crippen LogP contribution is -2.62. The minimum Gasteiger partial charge on any atom is -0.329 e. The predicted molar refractivity (Wildman–Crippen MR) is 64.8 cm³/mol. The largest absolute Gasteiger partial charge is 0.329 e. The highest BCUT2D eigenvalue weighted by Gasteiger charge is 2.49. The second-order valence-electron chi connectivity index (χ2n) is 5.72. The summed E-state index contributed by atoms with van der Waals surface area (Å²) < 4.78 is 0. The molecule has 0 saturated heterocycles. The Labute approximate surface area is 94.2 Å². The Balaban J connectivity index is 1.95. The molecule has 0 bridgehead atoms. The summed E-state index contributed by atoms with van der Waals surface area (Å²) in [4.78, 5) is 2.76. The molecule has 2 heteroatoms. The number of nitrogens with two attached hydrogens (primary N) is 1. The summed E-state index contributed by atoms with van der Waals surface area (Å²) in [7, 11) is 0. The van der Waals surface area contributed by atoms with E-state index in [4.69, 9.17) is 5.73 Å². The van der Waals surface area contributed by atoms with Gasteiger partial charge >= 0.3 is 0 Å². The Morgan fingerprint density at radius 1 is 1.33 bits per heavy atom. The maximum absolute atomic E-state index is 6.03. The van der Waals surface area contributed by atoms with Crippen LogP contribution in [0.5, 0.6) is 0 Å². The van der Waals surface area contributed by atoms with Gasteiger partial charge in [0, 0.05) is 18.1 Å². The minimum atomic E-state index is 0.399. The van der Waals surface area contributed by atoms with Crippen molar-refractivity contribution in [2.45, 2.75) is 64.0 Å². The highest BCUT2D eigenvalue weighted by atomic mass is 15.3. The molecular formula is C13H26N2. The van der Waals surface area contributed by atoms with Gasteiger partial charge in [-0.1, -0.05) is 20.3 Å². The molecule has 0 aliphatic heterocycles. The van der Waals surface area contributed by atoms with E-state index in [-0.39, 0.29) is 0 Å². The predicted octanol–water partition coefficient (Wildman–Crippen LogP) is 2.38. The Kier molecular flexibility index (Phi) is 3.36. The summed E-state index contributed by atoms with van der Waals surface area (Å²) in [6.45, 7) is 6.80. The SMILES string of the molecule is CCCCN(C1CC1)C1(CN)CC(C)C1. The third-order valence-electron chi connectivity index (χ3n) is 4.19. The van der Waals surface area contributed by atoms with Crippen molar-refractivity contribution in [1.29, 1.82) is 0 Å². The van der Waals surface area contributed by atoms with Crippen molar-refractivity contribution in [3.05, 3.63) is 0 Å². The summed E-state index contributed by atoms with van der Waals surface area (Å²) >= 11 is 0. The van der Waals surface area contributed by atoms with E-state index in [9.17, 15) is 0 Å². The van der Waals surface area contributed by atoms with E-state index >= 15 is 0 Å². The fourth-order valence-corrected chi connectivity index (χ4v) is 3.28. The molecule has 0 atom stereocenters. The lowest BCUT2D eigenvalue weighted by molar-refractivity contribution is -0.0197. The number of nitrogens with zero attached hydrogens (tertiary/aromatic N) is 1. The van der Waals surface area contributed by atoms with Crippen LogP contribution in [0.1, 0.15) is 52.4 Å². The van der Waals surface area contributed by atoms with E-state index in [0.717, 1.165) is 18.5 Å².